The molecule has 19 heavy (non-hydrogen) atoms. The minimum absolute atomic E-state index is 0.00327. The first kappa shape index (κ1) is 14.3. The average molecular weight is 284 g/mol. The molecular weight excluding hydrogens is 264 g/mol. The number of aryl methyl sites for hydroxylation is 1. The van der Waals surface area contributed by atoms with Gasteiger partial charge in [0.2, 0.25) is 10.0 Å². The Hall–Kier alpha value is -1.11. The molecule has 0 saturated carbocycles. The molecule has 6 heteroatoms. The Kier molecular flexibility index (Phi) is 4.44. The molecule has 0 aromatic heterocycles. The number of nitrogens with one attached hydrogen (secondary N) is 2. The van der Waals surface area contributed by atoms with E-state index in [1.165, 1.54) is 7.11 Å². The van der Waals surface area contributed by atoms with E-state index in [4.69, 9.17) is 4.74 Å². The number of piperidine rings is 1. The van der Waals surface area contributed by atoms with E-state index in [-0.39, 0.29) is 10.9 Å². The maximum absolute atomic E-state index is 12.4. The van der Waals surface area contributed by atoms with E-state index in [1.54, 1.807) is 12.1 Å². The van der Waals surface area contributed by atoms with Gasteiger partial charge in [-0.3, -0.25) is 0 Å². The van der Waals surface area contributed by atoms with Crippen LogP contribution in [0.15, 0.2) is 23.1 Å². The van der Waals surface area contributed by atoms with Crippen LogP contribution >= 0.6 is 0 Å². The van der Waals surface area contributed by atoms with Crippen LogP contribution in [0.1, 0.15) is 18.4 Å². The quantitative estimate of drug-likeness (QED) is 0.867. The van der Waals surface area contributed by atoms with Crippen molar-refractivity contribution in [2.75, 3.05) is 20.2 Å². The van der Waals surface area contributed by atoms with E-state index >= 15 is 0 Å². The van der Waals surface area contributed by atoms with E-state index in [0.717, 1.165) is 31.5 Å². The zero-order valence-electron chi connectivity index (χ0n) is 11.3. The molecule has 1 saturated heterocycles. The Bertz CT molecular complexity index is 537. The molecule has 1 fully saturated rings. The number of benzene rings is 1. The fourth-order valence-corrected chi connectivity index (χ4v) is 3.78. The molecule has 0 unspecified atom stereocenters. The third-order valence-corrected chi connectivity index (χ3v) is 4.81. The van der Waals surface area contributed by atoms with Gasteiger partial charge in [-0.1, -0.05) is 6.07 Å². The molecule has 2 N–H and O–H groups in total. The summed E-state index contributed by atoms with van der Waals surface area (Å²) < 4.78 is 32.8. The zero-order chi connectivity index (χ0) is 13.9. The lowest BCUT2D eigenvalue weighted by Gasteiger charge is -2.24. The highest BCUT2D eigenvalue weighted by molar-refractivity contribution is 7.89. The van der Waals surface area contributed by atoms with Gasteiger partial charge in [-0.15, -0.1) is 0 Å². The van der Waals surface area contributed by atoms with Crippen LogP contribution < -0.4 is 14.8 Å². The van der Waals surface area contributed by atoms with Crippen LogP contribution in [-0.4, -0.2) is 34.7 Å². The second kappa shape index (κ2) is 5.90. The highest BCUT2D eigenvalue weighted by atomic mass is 32.2. The fourth-order valence-electron chi connectivity index (χ4n) is 2.22. The molecule has 0 amide bonds. The van der Waals surface area contributed by atoms with Gasteiger partial charge < -0.3 is 10.1 Å². The molecule has 1 aliphatic heterocycles. The first-order chi connectivity index (χ1) is 9.03. The molecule has 1 aromatic carbocycles. The molecule has 1 aromatic rings. The molecule has 0 bridgehead atoms. The largest absolute Gasteiger partial charge is 0.495 e. The lowest BCUT2D eigenvalue weighted by atomic mass is 10.1. The summed E-state index contributed by atoms with van der Waals surface area (Å²) in [4.78, 5) is 0.216. The molecule has 106 valence electrons. The summed E-state index contributed by atoms with van der Waals surface area (Å²) in [6.07, 6.45) is 1.63. The van der Waals surface area contributed by atoms with Crippen molar-refractivity contribution < 1.29 is 13.2 Å². The number of hydrogen-bond acceptors (Lipinski definition) is 4. The van der Waals surface area contributed by atoms with Gasteiger partial charge in [0.25, 0.3) is 0 Å². The first-order valence-corrected chi connectivity index (χ1v) is 7.89. The highest BCUT2D eigenvalue weighted by Gasteiger charge is 2.24. The summed E-state index contributed by atoms with van der Waals surface area (Å²) in [6, 6.07) is 5.16. The number of ether oxygens (including phenoxy) is 1. The first-order valence-electron chi connectivity index (χ1n) is 6.40. The Balaban J connectivity index is 2.25. The SMILES string of the molecule is COc1ccc(C)cc1S(=O)(=O)NC1CCNCC1. The van der Waals surface area contributed by atoms with Crippen LogP contribution in [0.3, 0.4) is 0 Å². The average Bonchev–Trinajstić information content (AvgIpc) is 2.39. The van der Waals surface area contributed by atoms with Crippen LogP contribution in [0.4, 0.5) is 0 Å². The highest BCUT2D eigenvalue weighted by Crippen LogP contribution is 2.25. The molecule has 1 heterocycles. The van der Waals surface area contributed by atoms with E-state index in [9.17, 15) is 8.42 Å². The molecule has 0 spiro atoms. The topological polar surface area (TPSA) is 67.4 Å². The van der Waals surface area contributed by atoms with Crippen LogP contribution in [0, 0.1) is 6.92 Å². The van der Waals surface area contributed by atoms with Crippen molar-refractivity contribution in [3.05, 3.63) is 23.8 Å². The Morgan fingerprint density at radius 3 is 2.63 bits per heavy atom. The van der Waals surface area contributed by atoms with Crippen molar-refractivity contribution in [1.29, 1.82) is 0 Å². The number of methoxy groups -OCH3 is 1. The van der Waals surface area contributed by atoms with Crippen LogP contribution in [0.2, 0.25) is 0 Å². The van der Waals surface area contributed by atoms with E-state index in [1.807, 2.05) is 13.0 Å². The molecule has 0 radical (unpaired) electrons. The third kappa shape index (κ3) is 3.46. The van der Waals surface area contributed by atoms with Gasteiger partial charge in [-0.05, 0) is 50.6 Å². The van der Waals surface area contributed by atoms with Crippen molar-refractivity contribution in [1.82, 2.24) is 10.0 Å². The van der Waals surface area contributed by atoms with Crippen LogP contribution in [0.25, 0.3) is 0 Å². The van der Waals surface area contributed by atoms with Crippen molar-refractivity contribution >= 4 is 10.0 Å². The maximum atomic E-state index is 12.4. The lowest BCUT2D eigenvalue weighted by Crippen LogP contribution is -2.42. The van der Waals surface area contributed by atoms with Gasteiger partial charge in [0.05, 0.1) is 7.11 Å². The van der Waals surface area contributed by atoms with Crippen LogP contribution in [-0.2, 0) is 10.0 Å². The normalized spacial score (nSPS) is 17.4. The van der Waals surface area contributed by atoms with Crippen molar-refractivity contribution in [3.8, 4) is 5.75 Å². The Morgan fingerprint density at radius 2 is 2.00 bits per heavy atom. The lowest BCUT2D eigenvalue weighted by molar-refractivity contribution is 0.399. The second-order valence-corrected chi connectivity index (χ2v) is 6.48. The summed E-state index contributed by atoms with van der Waals surface area (Å²) in [7, 11) is -2.05. The van der Waals surface area contributed by atoms with Crippen molar-refractivity contribution in [2.24, 2.45) is 0 Å². The summed E-state index contributed by atoms with van der Waals surface area (Å²) in [6.45, 7) is 3.55. The van der Waals surface area contributed by atoms with Crippen LogP contribution in [0.5, 0.6) is 5.75 Å². The fraction of sp³-hybridized carbons (Fsp3) is 0.538. The maximum Gasteiger partial charge on any atom is 0.244 e. The molecule has 5 nitrogen and oxygen atoms in total. The van der Waals surface area contributed by atoms with Gasteiger partial charge in [-0.2, -0.15) is 0 Å². The minimum atomic E-state index is -3.53. The smallest absolute Gasteiger partial charge is 0.244 e. The molecule has 0 atom stereocenters. The third-order valence-electron chi connectivity index (χ3n) is 3.27. The Labute approximate surface area is 114 Å². The second-order valence-electron chi connectivity index (χ2n) is 4.80. The van der Waals surface area contributed by atoms with Crippen molar-refractivity contribution in [2.45, 2.75) is 30.7 Å². The van der Waals surface area contributed by atoms with E-state index in [2.05, 4.69) is 10.0 Å². The number of hydrogen-bond donors (Lipinski definition) is 2. The number of rotatable bonds is 4. The molecule has 0 aliphatic carbocycles. The Morgan fingerprint density at radius 1 is 1.32 bits per heavy atom. The van der Waals surface area contributed by atoms with Crippen molar-refractivity contribution in [3.63, 3.8) is 0 Å². The molecule has 1 aliphatic rings. The van der Waals surface area contributed by atoms with E-state index in [0.29, 0.717) is 5.75 Å². The predicted octanol–water partition coefficient (Wildman–Crippen LogP) is 1.03. The monoisotopic (exact) mass is 284 g/mol. The standard InChI is InChI=1S/C13H20N2O3S/c1-10-3-4-12(18-2)13(9-10)19(16,17)15-11-5-7-14-8-6-11/h3-4,9,11,14-15H,5-8H2,1-2H3. The minimum Gasteiger partial charge on any atom is -0.495 e. The number of sulfonamides is 1. The summed E-state index contributed by atoms with van der Waals surface area (Å²) in [5.41, 5.74) is 0.895. The van der Waals surface area contributed by atoms with Gasteiger partial charge in [-0.25, -0.2) is 13.1 Å². The van der Waals surface area contributed by atoms with Gasteiger partial charge in [0, 0.05) is 6.04 Å². The summed E-state index contributed by atoms with van der Waals surface area (Å²) >= 11 is 0. The van der Waals surface area contributed by atoms with E-state index < -0.39 is 10.0 Å². The van der Waals surface area contributed by atoms with Gasteiger partial charge in [0.1, 0.15) is 10.6 Å². The van der Waals surface area contributed by atoms with Gasteiger partial charge in [0.15, 0.2) is 0 Å². The molecule has 2 rings (SSSR count). The molecular formula is C13H20N2O3S. The summed E-state index contributed by atoms with van der Waals surface area (Å²) in [5, 5.41) is 3.21. The predicted molar refractivity (Wildman–Crippen MR) is 73.9 cm³/mol. The summed E-state index contributed by atoms with van der Waals surface area (Å²) in [5.74, 6) is 0.382. The van der Waals surface area contributed by atoms with Gasteiger partial charge >= 0.3 is 0 Å². The zero-order valence-corrected chi connectivity index (χ0v) is 12.1.